The Balaban J connectivity index is 1.74. The molecular weight excluding hydrogens is 380 g/mol. The van der Waals surface area contributed by atoms with E-state index in [2.05, 4.69) is 82.3 Å². The summed E-state index contributed by atoms with van der Waals surface area (Å²) in [5, 5.41) is 2.35. The second kappa shape index (κ2) is 7.22. The molecule has 0 fully saturated rings. The molecule has 0 bridgehead atoms. The zero-order chi connectivity index (χ0) is 22.6. The summed E-state index contributed by atoms with van der Waals surface area (Å²) in [5.41, 5.74) is 6.28. The fourth-order valence-electron chi connectivity index (χ4n) is 4.99. The van der Waals surface area contributed by atoms with Gasteiger partial charge >= 0.3 is 5.97 Å². The van der Waals surface area contributed by atoms with Crippen molar-refractivity contribution >= 4 is 16.7 Å². The standard InChI is InChI=1S/C29H34O2/c1-19(30)31-29(6,7)24-12-10-21-16-20(8-9-22(21)17-24)23-11-13-25-26(18-23)28(4,5)15-14-27(25,2)3/h8-13,16-18H,14-15H2,1-7H3. The van der Waals surface area contributed by atoms with E-state index in [1.54, 1.807) is 0 Å². The fourth-order valence-corrected chi connectivity index (χ4v) is 4.99. The van der Waals surface area contributed by atoms with Crippen LogP contribution in [0.4, 0.5) is 0 Å². The molecular formula is C29H34O2. The first-order chi connectivity index (χ1) is 14.4. The molecule has 162 valence electrons. The Morgan fingerprint density at radius 1 is 0.774 bits per heavy atom. The average molecular weight is 415 g/mol. The maximum Gasteiger partial charge on any atom is 0.303 e. The summed E-state index contributed by atoms with van der Waals surface area (Å²) in [4.78, 5) is 11.5. The van der Waals surface area contributed by atoms with E-state index in [4.69, 9.17) is 4.74 Å². The summed E-state index contributed by atoms with van der Waals surface area (Å²) in [6.07, 6.45) is 2.45. The maximum atomic E-state index is 11.5. The van der Waals surface area contributed by atoms with Gasteiger partial charge in [0.25, 0.3) is 0 Å². The first kappa shape index (κ1) is 21.6. The number of hydrogen-bond acceptors (Lipinski definition) is 2. The number of esters is 1. The highest BCUT2D eigenvalue weighted by molar-refractivity contribution is 5.88. The molecule has 0 unspecified atom stereocenters. The molecule has 4 rings (SSSR count). The van der Waals surface area contributed by atoms with Crippen molar-refractivity contribution in [2.24, 2.45) is 0 Å². The molecule has 0 atom stereocenters. The van der Waals surface area contributed by atoms with Gasteiger partial charge in [-0.05, 0) is 88.2 Å². The summed E-state index contributed by atoms with van der Waals surface area (Å²) in [6.45, 7) is 14.8. The van der Waals surface area contributed by atoms with E-state index in [9.17, 15) is 4.79 Å². The van der Waals surface area contributed by atoms with E-state index in [-0.39, 0.29) is 16.8 Å². The molecule has 0 radical (unpaired) electrons. The van der Waals surface area contributed by atoms with E-state index >= 15 is 0 Å². The van der Waals surface area contributed by atoms with Crippen molar-refractivity contribution in [3.05, 3.63) is 71.3 Å². The summed E-state index contributed by atoms with van der Waals surface area (Å²) in [7, 11) is 0. The van der Waals surface area contributed by atoms with Gasteiger partial charge in [0, 0.05) is 6.92 Å². The van der Waals surface area contributed by atoms with Gasteiger partial charge in [0.15, 0.2) is 0 Å². The molecule has 0 aromatic heterocycles. The topological polar surface area (TPSA) is 26.3 Å². The third-order valence-corrected chi connectivity index (χ3v) is 7.12. The molecule has 2 nitrogen and oxygen atoms in total. The summed E-state index contributed by atoms with van der Waals surface area (Å²) >= 11 is 0. The monoisotopic (exact) mass is 414 g/mol. The Labute approximate surface area is 186 Å². The molecule has 0 aliphatic heterocycles. The van der Waals surface area contributed by atoms with Crippen LogP contribution in [0.25, 0.3) is 21.9 Å². The van der Waals surface area contributed by atoms with Gasteiger partial charge in [-0.25, -0.2) is 0 Å². The minimum Gasteiger partial charge on any atom is -0.455 e. The van der Waals surface area contributed by atoms with Gasteiger partial charge in [-0.2, -0.15) is 0 Å². The van der Waals surface area contributed by atoms with E-state index in [1.807, 2.05) is 13.8 Å². The Hall–Kier alpha value is -2.61. The number of hydrogen-bond donors (Lipinski definition) is 0. The van der Waals surface area contributed by atoms with Crippen LogP contribution < -0.4 is 0 Å². The van der Waals surface area contributed by atoms with Gasteiger partial charge in [-0.15, -0.1) is 0 Å². The van der Waals surface area contributed by atoms with Crippen molar-refractivity contribution in [2.75, 3.05) is 0 Å². The van der Waals surface area contributed by atoms with Crippen molar-refractivity contribution in [3.8, 4) is 11.1 Å². The summed E-state index contributed by atoms with van der Waals surface area (Å²) < 4.78 is 5.52. The van der Waals surface area contributed by atoms with Gasteiger partial charge in [0.1, 0.15) is 5.60 Å². The molecule has 0 amide bonds. The number of fused-ring (bicyclic) bond motifs is 2. The molecule has 0 heterocycles. The van der Waals surface area contributed by atoms with Crippen LogP contribution in [0, 0.1) is 0 Å². The van der Waals surface area contributed by atoms with Gasteiger partial charge in [0.2, 0.25) is 0 Å². The van der Waals surface area contributed by atoms with E-state index in [0.717, 1.165) is 10.9 Å². The second-order valence-electron chi connectivity index (χ2n) is 10.9. The Morgan fingerprint density at radius 3 is 2.00 bits per heavy atom. The van der Waals surface area contributed by atoms with Crippen molar-refractivity contribution in [1.82, 2.24) is 0 Å². The Bertz CT molecular complexity index is 1160. The van der Waals surface area contributed by atoms with Crippen LogP contribution in [-0.2, 0) is 26.0 Å². The van der Waals surface area contributed by atoms with E-state index < -0.39 is 5.60 Å². The lowest BCUT2D eigenvalue weighted by molar-refractivity contribution is -0.154. The third kappa shape index (κ3) is 4.01. The van der Waals surface area contributed by atoms with Crippen molar-refractivity contribution in [3.63, 3.8) is 0 Å². The lowest BCUT2D eigenvalue weighted by Crippen LogP contribution is -2.33. The fraction of sp³-hybridized carbons (Fsp3) is 0.414. The van der Waals surface area contributed by atoms with Crippen LogP contribution in [0.2, 0.25) is 0 Å². The molecule has 0 saturated carbocycles. The zero-order valence-electron chi connectivity index (χ0n) is 19.9. The van der Waals surface area contributed by atoms with Crippen molar-refractivity contribution in [1.29, 1.82) is 0 Å². The van der Waals surface area contributed by atoms with Crippen LogP contribution >= 0.6 is 0 Å². The van der Waals surface area contributed by atoms with Crippen molar-refractivity contribution in [2.45, 2.75) is 77.7 Å². The highest BCUT2D eigenvalue weighted by atomic mass is 16.6. The lowest BCUT2D eigenvalue weighted by atomic mass is 9.63. The molecule has 3 aromatic carbocycles. The van der Waals surface area contributed by atoms with Crippen molar-refractivity contribution < 1.29 is 9.53 Å². The Morgan fingerprint density at radius 2 is 1.32 bits per heavy atom. The van der Waals surface area contributed by atoms with Crippen LogP contribution in [0.15, 0.2) is 54.6 Å². The van der Waals surface area contributed by atoms with Crippen LogP contribution in [-0.4, -0.2) is 5.97 Å². The molecule has 0 N–H and O–H groups in total. The molecule has 0 saturated heterocycles. The van der Waals surface area contributed by atoms with Crippen LogP contribution in [0.3, 0.4) is 0 Å². The highest BCUT2D eigenvalue weighted by Crippen LogP contribution is 2.46. The molecule has 3 aromatic rings. The second-order valence-corrected chi connectivity index (χ2v) is 10.9. The molecule has 1 aliphatic carbocycles. The smallest absolute Gasteiger partial charge is 0.303 e. The maximum absolute atomic E-state index is 11.5. The zero-order valence-corrected chi connectivity index (χ0v) is 19.9. The predicted molar refractivity (Wildman–Crippen MR) is 129 cm³/mol. The summed E-state index contributed by atoms with van der Waals surface area (Å²) in [6, 6.07) is 20.0. The molecule has 2 heteroatoms. The highest BCUT2D eigenvalue weighted by Gasteiger charge is 2.37. The largest absolute Gasteiger partial charge is 0.455 e. The third-order valence-electron chi connectivity index (χ3n) is 7.12. The molecule has 1 aliphatic rings. The number of benzene rings is 3. The Kier molecular flexibility index (Phi) is 5.04. The lowest BCUT2D eigenvalue weighted by Gasteiger charge is -2.42. The number of ether oxygens (including phenoxy) is 1. The average Bonchev–Trinajstić information content (AvgIpc) is 2.69. The van der Waals surface area contributed by atoms with Gasteiger partial charge in [-0.1, -0.05) is 70.2 Å². The number of carbonyl (C=O) groups is 1. The van der Waals surface area contributed by atoms with Crippen LogP contribution in [0.5, 0.6) is 0 Å². The first-order valence-electron chi connectivity index (χ1n) is 11.3. The van der Waals surface area contributed by atoms with E-state index in [0.29, 0.717) is 0 Å². The van der Waals surface area contributed by atoms with Gasteiger partial charge in [-0.3, -0.25) is 4.79 Å². The number of carbonyl (C=O) groups excluding carboxylic acids is 1. The molecule has 0 spiro atoms. The molecule has 31 heavy (non-hydrogen) atoms. The van der Waals surface area contributed by atoms with E-state index in [1.165, 1.54) is 47.4 Å². The van der Waals surface area contributed by atoms with Crippen LogP contribution in [0.1, 0.15) is 78.0 Å². The minimum absolute atomic E-state index is 0.203. The predicted octanol–water partition coefficient (Wildman–Crippen LogP) is 7.65. The minimum atomic E-state index is -0.643. The van der Waals surface area contributed by atoms with Gasteiger partial charge in [0.05, 0.1) is 0 Å². The summed E-state index contributed by atoms with van der Waals surface area (Å²) in [5.74, 6) is -0.265. The first-order valence-corrected chi connectivity index (χ1v) is 11.3. The SMILES string of the molecule is CC(=O)OC(C)(C)c1ccc2cc(-c3ccc4c(c3)C(C)(C)CCC4(C)C)ccc2c1. The van der Waals surface area contributed by atoms with Gasteiger partial charge < -0.3 is 4.74 Å². The number of rotatable bonds is 3. The normalized spacial score (nSPS) is 17.3. The quantitative estimate of drug-likeness (QED) is 0.411.